The second-order valence-electron chi connectivity index (χ2n) is 4.53. The Morgan fingerprint density at radius 3 is 2.74 bits per heavy atom. The average Bonchev–Trinajstić information content (AvgIpc) is 2.88. The number of aryl methyl sites for hydroxylation is 2. The smallest absolute Gasteiger partial charge is 0.0876 e. The van der Waals surface area contributed by atoms with Gasteiger partial charge in [0.05, 0.1) is 17.6 Å². The summed E-state index contributed by atoms with van der Waals surface area (Å²) < 4.78 is 2.04. The first kappa shape index (κ1) is 13.7. The van der Waals surface area contributed by atoms with E-state index >= 15 is 0 Å². The molecule has 2 aromatic rings. The minimum absolute atomic E-state index is 0.846. The van der Waals surface area contributed by atoms with Crippen molar-refractivity contribution >= 4 is 0 Å². The molecule has 0 atom stereocenters. The zero-order chi connectivity index (χ0) is 13.7. The molecule has 19 heavy (non-hydrogen) atoms. The zero-order valence-corrected chi connectivity index (χ0v) is 12.0. The van der Waals surface area contributed by atoms with Crippen molar-refractivity contribution in [2.45, 2.75) is 40.2 Å². The second-order valence-corrected chi connectivity index (χ2v) is 4.53. The van der Waals surface area contributed by atoms with Gasteiger partial charge in [0.25, 0.3) is 0 Å². The minimum Gasteiger partial charge on any atom is -0.313 e. The van der Waals surface area contributed by atoms with Crippen molar-refractivity contribution in [1.82, 2.24) is 20.1 Å². The molecule has 0 aromatic carbocycles. The highest BCUT2D eigenvalue weighted by molar-refractivity contribution is 5.39. The molecule has 2 rings (SSSR count). The molecule has 0 amide bonds. The first-order valence-corrected chi connectivity index (χ1v) is 7.01. The van der Waals surface area contributed by atoms with Crippen LogP contribution in [0.15, 0.2) is 24.5 Å². The lowest BCUT2D eigenvalue weighted by Gasteiger charge is -2.11. The number of hydrogen-bond donors (Lipinski definition) is 1. The highest BCUT2D eigenvalue weighted by Crippen LogP contribution is 2.17. The van der Waals surface area contributed by atoms with Crippen LogP contribution in [0.2, 0.25) is 0 Å². The van der Waals surface area contributed by atoms with Gasteiger partial charge in [-0.25, -0.2) is 4.68 Å². The maximum absolute atomic E-state index is 4.69. The number of nitrogens with one attached hydrogen (secondary N) is 1. The van der Waals surface area contributed by atoms with E-state index in [0.29, 0.717) is 0 Å². The van der Waals surface area contributed by atoms with Crippen LogP contribution in [0.3, 0.4) is 0 Å². The lowest BCUT2D eigenvalue weighted by molar-refractivity contribution is 0.707. The quantitative estimate of drug-likeness (QED) is 0.865. The summed E-state index contributed by atoms with van der Waals surface area (Å²) in [4.78, 5) is 4.25. The van der Waals surface area contributed by atoms with Gasteiger partial charge in [-0.1, -0.05) is 20.8 Å². The zero-order valence-electron chi connectivity index (χ0n) is 12.0. The van der Waals surface area contributed by atoms with Gasteiger partial charge in [-0.3, -0.25) is 4.98 Å². The molecule has 0 bridgehead atoms. The van der Waals surface area contributed by atoms with Gasteiger partial charge < -0.3 is 5.32 Å². The van der Waals surface area contributed by atoms with Gasteiger partial charge in [-0.2, -0.15) is 5.10 Å². The number of nitrogens with zero attached hydrogens (tertiary/aromatic N) is 3. The number of rotatable bonds is 6. The summed E-state index contributed by atoms with van der Waals surface area (Å²) in [6.45, 7) is 8.21. The van der Waals surface area contributed by atoms with Crippen LogP contribution in [0.5, 0.6) is 0 Å². The monoisotopic (exact) mass is 258 g/mol. The van der Waals surface area contributed by atoms with Crippen molar-refractivity contribution in [3.8, 4) is 5.69 Å². The van der Waals surface area contributed by atoms with Crippen LogP contribution >= 0.6 is 0 Å². The molecule has 0 saturated heterocycles. The summed E-state index contributed by atoms with van der Waals surface area (Å²) in [5.41, 5.74) is 4.69. The Balaban J connectivity index is 2.42. The summed E-state index contributed by atoms with van der Waals surface area (Å²) in [5, 5.41) is 8.05. The summed E-state index contributed by atoms with van der Waals surface area (Å²) in [7, 11) is 0. The third kappa shape index (κ3) is 3.01. The van der Waals surface area contributed by atoms with Gasteiger partial charge >= 0.3 is 0 Å². The fourth-order valence-corrected chi connectivity index (χ4v) is 2.12. The Hall–Kier alpha value is -1.68. The number of pyridine rings is 1. The highest BCUT2D eigenvalue weighted by Gasteiger charge is 2.11. The van der Waals surface area contributed by atoms with Crippen LogP contribution in [0.25, 0.3) is 5.69 Å². The molecule has 0 aliphatic heterocycles. The predicted molar refractivity (Wildman–Crippen MR) is 77.5 cm³/mol. The third-order valence-electron chi connectivity index (χ3n) is 3.24. The lowest BCUT2D eigenvalue weighted by Crippen LogP contribution is -2.15. The Morgan fingerprint density at radius 1 is 1.21 bits per heavy atom. The van der Waals surface area contributed by atoms with Crippen molar-refractivity contribution in [3.05, 3.63) is 41.5 Å². The maximum atomic E-state index is 4.69. The molecule has 4 heteroatoms. The summed E-state index contributed by atoms with van der Waals surface area (Å²) in [5.74, 6) is 0. The van der Waals surface area contributed by atoms with E-state index in [4.69, 9.17) is 0 Å². The van der Waals surface area contributed by atoms with Crippen LogP contribution in [0, 0.1) is 0 Å². The highest BCUT2D eigenvalue weighted by atomic mass is 15.3. The molecule has 0 unspecified atom stereocenters. The van der Waals surface area contributed by atoms with Crippen molar-refractivity contribution in [2.24, 2.45) is 0 Å². The van der Waals surface area contributed by atoms with Crippen LogP contribution in [-0.2, 0) is 19.4 Å². The third-order valence-corrected chi connectivity index (χ3v) is 3.24. The Morgan fingerprint density at radius 2 is 2.05 bits per heavy atom. The molecular weight excluding hydrogens is 236 g/mol. The molecule has 0 aliphatic carbocycles. The van der Waals surface area contributed by atoms with Crippen LogP contribution in [-0.4, -0.2) is 21.3 Å². The standard InChI is InChI=1S/C15H22N4/c1-4-13-9-14(5-2)19(18-13)15-11-17-8-7-12(15)10-16-6-3/h7-9,11,16H,4-6,10H2,1-3H3. The molecule has 0 saturated carbocycles. The van der Waals surface area contributed by atoms with E-state index in [2.05, 4.69) is 48.3 Å². The fraction of sp³-hybridized carbons (Fsp3) is 0.467. The van der Waals surface area contributed by atoms with Crippen molar-refractivity contribution in [2.75, 3.05) is 6.54 Å². The van der Waals surface area contributed by atoms with Crippen LogP contribution in [0.1, 0.15) is 37.7 Å². The van der Waals surface area contributed by atoms with E-state index < -0.39 is 0 Å². The van der Waals surface area contributed by atoms with Gasteiger partial charge in [0.15, 0.2) is 0 Å². The summed E-state index contributed by atoms with van der Waals surface area (Å²) in [6, 6.07) is 4.24. The van der Waals surface area contributed by atoms with Crippen LogP contribution in [0.4, 0.5) is 0 Å². The first-order chi connectivity index (χ1) is 9.30. The topological polar surface area (TPSA) is 42.7 Å². The Labute approximate surface area is 114 Å². The molecule has 0 radical (unpaired) electrons. The molecule has 102 valence electrons. The normalized spacial score (nSPS) is 10.9. The second kappa shape index (κ2) is 6.48. The van der Waals surface area contributed by atoms with E-state index in [9.17, 15) is 0 Å². The molecular formula is C15H22N4. The molecule has 1 N–H and O–H groups in total. The summed E-state index contributed by atoms with van der Waals surface area (Å²) in [6.07, 6.45) is 5.68. The molecule has 2 aromatic heterocycles. The number of hydrogen-bond acceptors (Lipinski definition) is 3. The molecule has 0 aliphatic rings. The summed E-state index contributed by atoms with van der Waals surface area (Å²) >= 11 is 0. The number of aromatic nitrogens is 3. The predicted octanol–water partition coefficient (Wildman–Crippen LogP) is 2.50. The van der Waals surface area contributed by atoms with E-state index in [1.54, 1.807) is 0 Å². The van der Waals surface area contributed by atoms with E-state index in [1.807, 2.05) is 17.1 Å². The maximum Gasteiger partial charge on any atom is 0.0876 e. The Bertz CT molecular complexity index is 531. The minimum atomic E-state index is 0.846. The Kier molecular flexibility index (Phi) is 4.68. The van der Waals surface area contributed by atoms with E-state index in [1.165, 1.54) is 11.3 Å². The van der Waals surface area contributed by atoms with Gasteiger partial charge in [0, 0.05) is 18.4 Å². The largest absolute Gasteiger partial charge is 0.313 e. The van der Waals surface area contributed by atoms with Crippen molar-refractivity contribution in [3.63, 3.8) is 0 Å². The average molecular weight is 258 g/mol. The molecule has 4 nitrogen and oxygen atoms in total. The van der Waals surface area contributed by atoms with Gasteiger partial charge in [0.1, 0.15) is 0 Å². The van der Waals surface area contributed by atoms with Gasteiger partial charge in [0.2, 0.25) is 0 Å². The molecule has 0 fully saturated rings. The van der Waals surface area contributed by atoms with Crippen LogP contribution < -0.4 is 5.32 Å². The lowest BCUT2D eigenvalue weighted by atomic mass is 10.2. The van der Waals surface area contributed by atoms with Gasteiger partial charge in [-0.05, 0) is 37.1 Å². The first-order valence-electron chi connectivity index (χ1n) is 7.01. The molecule has 2 heterocycles. The SMILES string of the molecule is CCNCc1ccncc1-n1nc(CC)cc1CC. The van der Waals surface area contributed by atoms with Gasteiger partial charge in [-0.15, -0.1) is 0 Å². The molecule has 0 spiro atoms. The van der Waals surface area contributed by atoms with Crippen molar-refractivity contribution < 1.29 is 0 Å². The van der Waals surface area contributed by atoms with E-state index in [-0.39, 0.29) is 0 Å². The fourth-order valence-electron chi connectivity index (χ4n) is 2.12. The van der Waals surface area contributed by atoms with Crippen molar-refractivity contribution in [1.29, 1.82) is 0 Å². The van der Waals surface area contributed by atoms with E-state index in [0.717, 1.165) is 37.3 Å².